The van der Waals surface area contributed by atoms with Gasteiger partial charge < -0.3 is 10.2 Å². The highest BCUT2D eigenvalue weighted by atomic mass is 79.9. The lowest BCUT2D eigenvalue weighted by molar-refractivity contribution is 0.103. The van der Waals surface area contributed by atoms with Gasteiger partial charge in [-0.15, -0.1) is 0 Å². The molecule has 0 radical (unpaired) electrons. The third kappa shape index (κ3) is 3.98. The Labute approximate surface area is 173 Å². The van der Waals surface area contributed by atoms with E-state index in [1.807, 2.05) is 25.1 Å². The van der Waals surface area contributed by atoms with E-state index < -0.39 is 0 Å². The molecule has 0 spiro atoms. The van der Waals surface area contributed by atoms with Crippen LogP contribution >= 0.6 is 15.9 Å². The first-order chi connectivity index (χ1) is 13.6. The van der Waals surface area contributed by atoms with Crippen molar-refractivity contribution in [2.24, 2.45) is 0 Å². The van der Waals surface area contributed by atoms with Gasteiger partial charge in [0.15, 0.2) is 0 Å². The summed E-state index contributed by atoms with van der Waals surface area (Å²) in [5.74, 6) is 0.719. The number of nitrogens with one attached hydrogen (secondary N) is 1. The van der Waals surface area contributed by atoms with Crippen molar-refractivity contribution in [3.05, 3.63) is 87.8 Å². The molecule has 1 aliphatic heterocycles. The molecule has 4 rings (SSSR count). The van der Waals surface area contributed by atoms with Gasteiger partial charge in [-0.05, 0) is 46.6 Å². The van der Waals surface area contributed by atoms with Gasteiger partial charge in [0, 0.05) is 47.6 Å². The van der Waals surface area contributed by atoms with Gasteiger partial charge in [0.1, 0.15) is 11.5 Å². The number of aryl methyl sites for hydroxylation is 1. The van der Waals surface area contributed by atoms with Crippen molar-refractivity contribution in [2.45, 2.75) is 13.0 Å². The predicted octanol–water partition coefficient (Wildman–Crippen LogP) is 3.93. The molecule has 0 bridgehead atoms. The molecule has 3 aromatic rings. The van der Waals surface area contributed by atoms with Crippen LogP contribution in [-0.4, -0.2) is 35.4 Å². The number of rotatable bonds is 4. The summed E-state index contributed by atoms with van der Waals surface area (Å²) in [7, 11) is 0. The van der Waals surface area contributed by atoms with Crippen LogP contribution in [0.2, 0.25) is 0 Å². The van der Waals surface area contributed by atoms with E-state index in [0.717, 1.165) is 29.9 Å². The maximum absolute atomic E-state index is 13.0. The highest BCUT2D eigenvalue weighted by Gasteiger charge is 2.23. The topological polar surface area (TPSA) is 58.1 Å². The fraction of sp³-hybridized carbons (Fsp3) is 0.227. The number of carbonyl (C=O) groups excluding carboxylic acids is 1. The van der Waals surface area contributed by atoms with Gasteiger partial charge in [0.05, 0.1) is 0 Å². The summed E-state index contributed by atoms with van der Waals surface area (Å²) in [6.07, 6.45) is 1.69. The number of benzene rings is 1. The zero-order valence-electron chi connectivity index (χ0n) is 15.6. The smallest absolute Gasteiger partial charge is 0.213 e. The molecule has 1 aromatic carbocycles. The van der Waals surface area contributed by atoms with Crippen LogP contribution in [0.3, 0.4) is 0 Å². The monoisotopic (exact) mass is 436 g/mol. The number of hydrogen-bond acceptors (Lipinski definition) is 5. The van der Waals surface area contributed by atoms with E-state index in [1.54, 1.807) is 18.3 Å². The second-order valence-electron chi connectivity index (χ2n) is 6.86. The van der Waals surface area contributed by atoms with Crippen molar-refractivity contribution in [2.75, 3.05) is 24.5 Å². The second-order valence-corrected chi connectivity index (χ2v) is 7.78. The van der Waals surface area contributed by atoms with Crippen LogP contribution in [0.4, 0.5) is 5.82 Å². The molecule has 0 saturated carbocycles. The maximum atomic E-state index is 13.0. The van der Waals surface area contributed by atoms with E-state index in [-0.39, 0.29) is 11.8 Å². The van der Waals surface area contributed by atoms with E-state index >= 15 is 0 Å². The van der Waals surface area contributed by atoms with E-state index in [9.17, 15) is 4.79 Å². The van der Waals surface area contributed by atoms with Crippen LogP contribution in [0.5, 0.6) is 0 Å². The lowest BCUT2D eigenvalue weighted by atomic mass is 10.0. The van der Waals surface area contributed by atoms with Crippen molar-refractivity contribution in [1.29, 1.82) is 0 Å². The van der Waals surface area contributed by atoms with E-state index in [1.165, 1.54) is 5.56 Å². The lowest BCUT2D eigenvalue weighted by Crippen LogP contribution is -2.46. The molecule has 1 N–H and O–H groups in total. The number of halogens is 1. The van der Waals surface area contributed by atoms with Gasteiger partial charge >= 0.3 is 0 Å². The second kappa shape index (κ2) is 8.20. The molecule has 5 nitrogen and oxygen atoms in total. The van der Waals surface area contributed by atoms with Crippen molar-refractivity contribution in [3.63, 3.8) is 0 Å². The van der Waals surface area contributed by atoms with Crippen molar-refractivity contribution in [1.82, 2.24) is 15.3 Å². The molecule has 0 amide bonds. The minimum Gasteiger partial charge on any atom is -0.353 e. The zero-order valence-corrected chi connectivity index (χ0v) is 17.2. The number of ketones is 1. The van der Waals surface area contributed by atoms with Crippen molar-refractivity contribution >= 4 is 27.5 Å². The van der Waals surface area contributed by atoms with Crippen LogP contribution in [-0.2, 0) is 0 Å². The normalized spacial score (nSPS) is 16.8. The Morgan fingerprint density at radius 3 is 2.82 bits per heavy atom. The van der Waals surface area contributed by atoms with Gasteiger partial charge in [-0.3, -0.25) is 9.78 Å². The first-order valence-corrected chi connectivity index (χ1v) is 10.1. The lowest BCUT2D eigenvalue weighted by Gasteiger charge is -2.35. The molecule has 2 aromatic heterocycles. The molecular weight excluding hydrogens is 416 g/mol. The Balaban J connectivity index is 1.58. The van der Waals surface area contributed by atoms with Gasteiger partial charge in [-0.25, -0.2) is 4.98 Å². The van der Waals surface area contributed by atoms with Crippen LogP contribution in [0.25, 0.3) is 0 Å². The molecule has 1 aliphatic rings. The predicted molar refractivity (Wildman–Crippen MR) is 114 cm³/mol. The molecule has 28 heavy (non-hydrogen) atoms. The third-order valence-electron chi connectivity index (χ3n) is 4.97. The zero-order chi connectivity index (χ0) is 19.5. The highest BCUT2D eigenvalue weighted by molar-refractivity contribution is 9.10. The molecular formula is C22H21BrN4O. The minimum atomic E-state index is -0.108. The number of piperazine rings is 1. The number of carbonyl (C=O) groups is 1. The number of aromatic nitrogens is 2. The summed E-state index contributed by atoms with van der Waals surface area (Å²) in [5, 5.41) is 3.56. The summed E-state index contributed by atoms with van der Waals surface area (Å²) in [4.78, 5) is 24.2. The fourth-order valence-electron chi connectivity index (χ4n) is 3.47. The minimum absolute atomic E-state index is 0.108. The largest absolute Gasteiger partial charge is 0.353 e. The molecule has 142 valence electrons. The molecule has 1 unspecified atom stereocenters. The van der Waals surface area contributed by atoms with E-state index in [2.05, 4.69) is 60.4 Å². The van der Waals surface area contributed by atoms with Crippen LogP contribution < -0.4 is 10.2 Å². The van der Waals surface area contributed by atoms with Crippen LogP contribution in [0.1, 0.15) is 33.4 Å². The van der Waals surface area contributed by atoms with Gasteiger partial charge in [-0.2, -0.15) is 0 Å². The first kappa shape index (κ1) is 18.8. The van der Waals surface area contributed by atoms with Crippen LogP contribution in [0.15, 0.2) is 65.3 Å². The van der Waals surface area contributed by atoms with Crippen molar-refractivity contribution in [3.8, 4) is 0 Å². The summed E-state index contributed by atoms with van der Waals surface area (Å²) < 4.78 is 0.783. The average Bonchev–Trinajstić information content (AvgIpc) is 2.76. The molecule has 0 aliphatic carbocycles. The number of nitrogens with zero attached hydrogens (tertiary/aromatic N) is 3. The molecule has 3 heterocycles. The Morgan fingerprint density at radius 2 is 2.00 bits per heavy atom. The van der Waals surface area contributed by atoms with Gasteiger partial charge in [0.25, 0.3) is 0 Å². The standard InChI is InChI=1S/C22H21BrN4O/c1-15-18(12-17(23)13-25-15)22(28)19-8-5-9-21(26-19)27-11-10-24-20(14-27)16-6-3-2-4-7-16/h2-9,12-13,20,24H,10-11,14H2,1H3. The third-order valence-corrected chi connectivity index (χ3v) is 5.40. The summed E-state index contributed by atoms with van der Waals surface area (Å²) in [6, 6.07) is 18.1. The van der Waals surface area contributed by atoms with Gasteiger partial charge in [-0.1, -0.05) is 36.4 Å². The Morgan fingerprint density at radius 1 is 1.18 bits per heavy atom. The van der Waals surface area contributed by atoms with Crippen molar-refractivity contribution < 1.29 is 4.79 Å². The highest BCUT2D eigenvalue weighted by Crippen LogP contribution is 2.23. The number of hydrogen-bond donors (Lipinski definition) is 1. The number of anilines is 1. The first-order valence-electron chi connectivity index (χ1n) is 9.29. The fourth-order valence-corrected chi connectivity index (χ4v) is 3.80. The van der Waals surface area contributed by atoms with E-state index in [0.29, 0.717) is 17.0 Å². The number of pyridine rings is 2. The SMILES string of the molecule is Cc1ncc(Br)cc1C(=O)c1cccc(N2CCNC(c3ccccc3)C2)n1. The molecule has 1 saturated heterocycles. The molecule has 1 atom stereocenters. The van der Waals surface area contributed by atoms with E-state index in [4.69, 9.17) is 0 Å². The summed E-state index contributed by atoms with van der Waals surface area (Å²) in [6.45, 7) is 4.37. The summed E-state index contributed by atoms with van der Waals surface area (Å²) >= 11 is 3.39. The quantitative estimate of drug-likeness (QED) is 0.627. The Kier molecular flexibility index (Phi) is 5.50. The average molecular weight is 437 g/mol. The molecule has 1 fully saturated rings. The summed E-state index contributed by atoms with van der Waals surface area (Å²) in [5.41, 5.74) is 2.97. The Hall–Kier alpha value is -2.57. The molecule has 6 heteroatoms. The van der Waals surface area contributed by atoms with Gasteiger partial charge in [0.2, 0.25) is 5.78 Å². The van der Waals surface area contributed by atoms with Crippen LogP contribution in [0, 0.1) is 6.92 Å². The maximum Gasteiger partial charge on any atom is 0.213 e. The Bertz CT molecular complexity index is 993.